The lowest BCUT2D eigenvalue weighted by Gasteiger charge is -2.11. The molecule has 1 aromatic carbocycles. The summed E-state index contributed by atoms with van der Waals surface area (Å²) in [5.41, 5.74) is 3.80. The average molecular weight is 462 g/mol. The number of ether oxygens (including phenoxy) is 1. The predicted molar refractivity (Wildman–Crippen MR) is 135 cm³/mol. The number of allylic oxidation sites excluding steroid dienone is 1. The summed E-state index contributed by atoms with van der Waals surface area (Å²) in [6, 6.07) is 12.8. The van der Waals surface area contributed by atoms with E-state index in [1.807, 2.05) is 49.5 Å². The molecule has 178 valence electrons. The van der Waals surface area contributed by atoms with Gasteiger partial charge in [-0.15, -0.1) is 0 Å². The standard InChI is InChI=1S/C25H31N7O2/c1-5-17(2)16-30-24-22(18(3)26)23(31-32(24)15-14-29-25(33)27-4)19-9-11-20(12-10-19)34-21-8-6-7-13-28-21/h6-13,16,26,30H,5,14-15H2,1-4H3,(H2,27,29,33). The summed E-state index contributed by atoms with van der Waals surface area (Å²) in [6.07, 6.45) is 4.51. The van der Waals surface area contributed by atoms with Crippen molar-refractivity contribution in [2.24, 2.45) is 0 Å². The van der Waals surface area contributed by atoms with E-state index in [1.54, 1.807) is 30.9 Å². The van der Waals surface area contributed by atoms with Gasteiger partial charge in [-0.2, -0.15) is 5.10 Å². The van der Waals surface area contributed by atoms with Crippen molar-refractivity contribution in [3.05, 3.63) is 66.0 Å². The number of benzene rings is 1. The highest BCUT2D eigenvalue weighted by Crippen LogP contribution is 2.31. The number of nitrogens with zero attached hydrogens (tertiary/aromatic N) is 3. The lowest BCUT2D eigenvalue weighted by atomic mass is 10.0. The largest absolute Gasteiger partial charge is 0.439 e. The van der Waals surface area contributed by atoms with Crippen LogP contribution in [0.25, 0.3) is 11.3 Å². The van der Waals surface area contributed by atoms with Gasteiger partial charge in [-0.05, 0) is 50.6 Å². The van der Waals surface area contributed by atoms with Gasteiger partial charge in [0, 0.05) is 43.3 Å². The molecule has 0 saturated carbocycles. The molecule has 0 spiro atoms. The maximum absolute atomic E-state index is 11.6. The molecule has 9 heteroatoms. The summed E-state index contributed by atoms with van der Waals surface area (Å²) in [4.78, 5) is 15.8. The zero-order valence-corrected chi connectivity index (χ0v) is 20.0. The van der Waals surface area contributed by atoms with Crippen LogP contribution >= 0.6 is 0 Å². The van der Waals surface area contributed by atoms with Crippen molar-refractivity contribution in [3.63, 3.8) is 0 Å². The van der Waals surface area contributed by atoms with Crippen LogP contribution in [0.5, 0.6) is 11.6 Å². The molecule has 2 amide bonds. The molecule has 2 heterocycles. The van der Waals surface area contributed by atoms with E-state index in [1.165, 1.54) is 5.57 Å². The van der Waals surface area contributed by atoms with Crippen molar-refractivity contribution in [2.45, 2.75) is 33.7 Å². The number of urea groups is 1. The first-order chi connectivity index (χ1) is 16.4. The monoisotopic (exact) mass is 461 g/mol. The zero-order valence-electron chi connectivity index (χ0n) is 20.0. The summed E-state index contributed by atoms with van der Waals surface area (Å²) in [5, 5.41) is 21.9. The minimum Gasteiger partial charge on any atom is -0.439 e. The first-order valence-electron chi connectivity index (χ1n) is 11.2. The number of carbonyl (C=O) groups excluding carboxylic acids is 1. The van der Waals surface area contributed by atoms with Crippen LogP contribution in [0.2, 0.25) is 0 Å². The van der Waals surface area contributed by atoms with E-state index in [2.05, 4.69) is 27.9 Å². The minimum atomic E-state index is -0.254. The highest BCUT2D eigenvalue weighted by molar-refractivity contribution is 6.06. The Balaban J connectivity index is 1.94. The average Bonchev–Trinajstić information content (AvgIpc) is 3.22. The van der Waals surface area contributed by atoms with Crippen LogP contribution in [0.1, 0.15) is 32.8 Å². The number of aromatic nitrogens is 3. The lowest BCUT2D eigenvalue weighted by molar-refractivity contribution is 0.242. The second-order valence-corrected chi connectivity index (χ2v) is 7.71. The van der Waals surface area contributed by atoms with Gasteiger partial charge < -0.3 is 26.1 Å². The Morgan fingerprint density at radius 1 is 1.18 bits per heavy atom. The van der Waals surface area contributed by atoms with Crippen molar-refractivity contribution in [1.82, 2.24) is 25.4 Å². The molecular formula is C25H31N7O2. The molecule has 0 fully saturated rings. The van der Waals surface area contributed by atoms with Crippen LogP contribution in [0.3, 0.4) is 0 Å². The van der Waals surface area contributed by atoms with Gasteiger partial charge in [0.05, 0.1) is 12.1 Å². The van der Waals surface area contributed by atoms with Crippen LogP contribution in [0, 0.1) is 5.41 Å². The van der Waals surface area contributed by atoms with Crippen molar-refractivity contribution in [1.29, 1.82) is 5.41 Å². The third-order valence-electron chi connectivity index (χ3n) is 5.16. The van der Waals surface area contributed by atoms with E-state index in [9.17, 15) is 4.79 Å². The molecule has 0 aliphatic carbocycles. The first kappa shape index (κ1) is 24.5. The summed E-state index contributed by atoms with van der Waals surface area (Å²) >= 11 is 0. The topological polar surface area (TPSA) is 117 Å². The van der Waals surface area contributed by atoms with Gasteiger partial charge in [-0.25, -0.2) is 14.5 Å². The number of anilines is 1. The Morgan fingerprint density at radius 3 is 2.56 bits per heavy atom. The molecule has 0 atom stereocenters. The van der Waals surface area contributed by atoms with E-state index < -0.39 is 0 Å². The molecule has 0 unspecified atom stereocenters. The summed E-state index contributed by atoms with van der Waals surface area (Å²) in [5.74, 6) is 1.89. The first-order valence-corrected chi connectivity index (χ1v) is 11.2. The van der Waals surface area contributed by atoms with Gasteiger partial charge >= 0.3 is 6.03 Å². The molecule has 3 rings (SSSR count). The van der Waals surface area contributed by atoms with E-state index in [-0.39, 0.29) is 6.03 Å². The van der Waals surface area contributed by atoms with Crippen molar-refractivity contribution >= 4 is 17.6 Å². The number of hydrogen-bond donors (Lipinski definition) is 4. The number of hydrogen-bond acceptors (Lipinski definition) is 6. The molecule has 4 N–H and O–H groups in total. The second kappa shape index (κ2) is 11.6. The highest BCUT2D eigenvalue weighted by atomic mass is 16.5. The zero-order chi connectivity index (χ0) is 24.5. The van der Waals surface area contributed by atoms with Crippen LogP contribution in [0.4, 0.5) is 10.6 Å². The molecule has 3 aromatic rings. The lowest BCUT2D eigenvalue weighted by Crippen LogP contribution is -2.35. The van der Waals surface area contributed by atoms with Gasteiger partial charge in [0.25, 0.3) is 0 Å². The van der Waals surface area contributed by atoms with Crippen LogP contribution in [0.15, 0.2) is 60.4 Å². The molecule has 0 aliphatic rings. The molecule has 2 aromatic heterocycles. The van der Waals surface area contributed by atoms with Crippen LogP contribution in [-0.4, -0.2) is 40.1 Å². The Hall–Kier alpha value is -4.14. The Bertz CT molecular complexity index is 1150. The van der Waals surface area contributed by atoms with Gasteiger partial charge in [0.1, 0.15) is 17.3 Å². The van der Waals surface area contributed by atoms with Crippen molar-refractivity contribution in [2.75, 3.05) is 18.9 Å². The quantitative estimate of drug-likeness (QED) is 0.324. The summed E-state index contributed by atoms with van der Waals surface area (Å²) in [6.45, 7) is 6.70. The van der Waals surface area contributed by atoms with Crippen molar-refractivity contribution < 1.29 is 9.53 Å². The van der Waals surface area contributed by atoms with Crippen molar-refractivity contribution in [3.8, 4) is 22.9 Å². The normalized spacial score (nSPS) is 11.1. The summed E-state index contributed by atoms with van der Waals surface area (Å²) < 4.78 is 7.58. The number of rotatable bonds is 10. The van der Waals surface area contributed by atoms with E-state index in [0.717, 1.165) is 12.0 Å². The molecule has 0 aliphatic heterocycles. The fourth-order valence-electron chi connectivity index (χ4n) is 3.19. The van der Waals surface area contributed by atoms with Gasteiger partial charge in [0.2, 0.25) is 5.88 Å². The highest BCUT2D eigenvalue weighted by Gasteiger charge is 2.20. The molecule has 0 bridgehead atoms. The van der Waals surface area contributed by atoms with Gasteiger partial charge in [-0.1, -0.05) is 18.6 Å². The summed E-state index contributed by atoms with van der Waals surface area (Å²) in [7, 11) is 1.57. The smallest absolute Gasteiger partial charge is 0.314 e. The van der Waals surface area contributed by atoms with E-state index in [0.29, 0.717) is 47.5 Å². The predicted octanol–water partition coefficient (Wildman–Crippen LogP) is 4.78. The Labute approximate surface area is 199 Å². The second-order valence-electron chi connectivity index (χ2n) is 7.71. The number of amides is 2. The maximum Gasteiger partial charge on any atom is 0.314 e. The van der Waals surface area contributed by atoms with E-state index in [4.69, 9.17) is 15.2 Å². The SMILES string of the molecule is CCC(C)=CNc1c(C(C)=N)c(-c2ccc(Oc3ccccn3)cc2)nn1CCNC(=O)NC. The minimum absolute atomic E-state index is 0.254. The fourth-order valence-corrected chi connectivity index (χ4v) is 3.19. The molecule has 9 nitrogen and oxygen atoms in total. The Morgan fingerprint density at radius 2 is 1.94 bits per heavy atom. The molecular weight excluding hydrogens is 430 g/mol. The number of carbonyl (C=O) groups is 1. The van der Waals surface area contributed by atoms with E-state index >= 15 is 0 Å². The van der Waals surface area contributed by atoms with Gasteiger partial charge in [-0.3, -0.25) is 0 Å². The number of nitrogens with one attached hydrogen (secondary N) is 4. The van der Waals surface area contributed by atoms with Gasteiger partial charge in [0.15, 0.2) is 0 Å². The molecule has 0 saturated heterocycles. The molecule has 34 heavy (non-hydrogen) atoms. The third-order valence-corrected chi connectivity index (χ3v) is 5.16. The number of pyridine rings is 1. The molecule has 0 radical (unpaired) electrons. The van der Waals surface area contributed by atoms with Crippen LogP contribution in [-0.2, 0) is 6.54 Å². The van der Waals surface area contributed by atoms with Crippen LogP contribution < -0.4 is 20.7 Å². The third kappa shape index (κ3) is 6.22. The fraction of sp³-hybridized carbons (Fsp3) is 0.280. The maximum atomic E-state index is 11.6. The Kier molecular flexibility index (Phi) is 8.39.